The number of thiophene rings is 1. The summed E-state index contributed by atoms with van der Waals surface area (Å²) in [6.45, 7) is -0.243. The zero-order chi connectivity index (χ0) is 15.2. The largest absolute Gasteiger partial charge is 0.384 e. The van der Waals surface area contributed by atoms with Gasteiger partial charge in [-0.1, -0.05) is 17.9 Å². The van der Waals surface area contributed by atoms with Gasteiger partial charge in [0.15, 0.2) is 0 Å². The number of hydrogen-bond acceptors (Lipinski definition) is 5. The first-order chi connectivity index (χ1) is 10.1. The molecule has 1 heterocycles. The lowest BCUT2D eigenvalue weighted by atomic mass is 10.3. The molecule has 0 radical (unpaired) electrons. The van der Waals surface area contributed by atoms with E-state index in [1.165, 1.54) is 29.5 Å². The molecule has 0 aliphatic carbocycles. The number of nitro groups is 1. The molecule has 0 fully saturated rings. The Morgan fingerprint density at radius 1 is 1.38 bits per heavy atom. The fraction of sp³-hybridized carbons (Fsp3) is 0.0714. The van der Waals surface area contributed by atoms with Crippen LogP contribution < -0.4 is 5.32 Å². The molecule has 7 heteroatoms. The number of anilines is 1. The van der Waals surface area contributed by atoms with Crippen LogP contribution in [0.3, 0.4) is 0 Å². The number of non-ortho nitro benzene ring substituents is 1. The Balaban J connectivity index is 2.12. The predicted octanol–water partition coefficient (Wildman–Crippen LogP) is 2.25. The maximum Gasteiger partial charge on any atom is 0.271 e. The van der Waals surface area contributed by atoms with Gasteiger partial charge in [-0.3, -0.25) is 14.9 Å². The smallest absolute Gasteiger partial charge is 0.271 e. The minimum Gasteiger partial charge on any atom is -0.384 e. The average Bonchev–Trinajstić information content (AvgIpc) is 2.94. The molecule has 1 aromatic heterocycles. The monoisotopic (exact) mass is 302 g/mol. The summed E-state index contributed by atoms with van der Waals surface area (Å²) >= 11 is 1.18. The summed E-state index contributed by atoms with van der Waals surface area (Å²) < 4.78 is 0. The zero-order valence-electron chi connectivity index (χ0n) is 10.7. The third kappa shape index (κ3) is 3.89. The first-order valence-electron chi connectivity index (χ1n) is 5.85. The second kappa shape index (κ2) is 6.65. The van der Waals surface area contributed by atoms with Crippen molar-refractivity contribution in [3.63, 3.8) is 0 Å². The minimum atomic E-state index is -0.524. The lowest BCUT2D eigenvalue weighted by molar-refractivity contribution is -0.384. The normalized spacial score (nSPS) is 9.57. The Kier molecular flexibility index (Phi) is 4.66. The molecule has 21 heavy (non-hydrogen) atoms. The highest BCUT2D eigenvalue weighted by atomic mass is 32.1. The fourth-order valence-corrected chi connectivity index (χ4v) is 2.32. The highest BCUT2D eigenvalue weighted by Crippen LogP contribution is 2.20. The van der Waals surface area contributed by atoms with Gasteiger partial charge in [0.05, 0.1) is 14.7 Å². The van der Waals surface area contributed by atoms with E-state index < -0.39 is 4.92 Å². The van der Waals surface area contributed by atoms with Crippen LogP contribution in [0, 0.1) is 22.0 Å². The van der Waals surface area contributed by atoms with E-state index in [1.54, 1.807) is 18.2 Å². The molecule has 0 saturated carbocycles. The van der Waals surface area contributed by atoms with E-state index in [0.717, 1.165) is 0 Å². The maximum atomic E-state index is 12.0. The van der Waals surface area contributed by atoms with E-state index in [9.17, 15) is 14.9 Å². The topological polar surface area (TPSA) is 92.5 Å². The molecule has 106 valence electrons. The number of carbonyl (C=O) groups excluding carboxylic acids is 1. The Bertz CT molecular complexity index is 743. The molecule has 0 unspecified atom stereocenters. The van der Waals surface area contributed by atoms with Crippen molar-refractivity contribution in [3.05, 3.63) is 56.3 Å². The van der Waals surface area contributed by atoms with Gasteiger partial charge < -0.3 is 10.4 Å². The summed E-state index contributed by atoms with van der Waals surface area (Å²) in [6, 6.07) is 9.00. The highest BCUT2D eigenvalue weighted by Gasteiger charge is 2.11. The highest BCUT2D eigenvalue weighted by molar-refractivity contribution is 7.14. The molecule has 6 nitrogen and oxygen atoms in total. The van der Waals surface area contributed by atoms with Gasteiger partial charge in [0.25, 0.3) is 11.6 Å². The Morgan fingerprint density at radius 3 is 2.90 bits per heavy atom. The van der Waals surface area contributed by atoms with E-state index in [2.05, 4.69) is 17.2 Å². The predicted molar refractivity (Wildman–Crippen MR) is 79.3 cm³/mol. The molecule has 1 amide bonds. The fourth-order valence-electron chi connectivity index (χ4n) is 1.54. The number of aliphatic hydroxyl groups is 1. The van der Waals surface area contributed by atoms with Crippen LogP contribution in [0.1, 0.15) is 14.5 Å². The number of carbonyl (C=O) groups is 1. The van der Waals surface area contributed by atoms with Crippen LogP contribution in [-0.2, 0) is 0 Å². The van der Waals surface area contributed by atoms with Gasteiger partial charge in [-0.15, -0.1) is 11.3 Å². The van der Waals surface area contributed by atoms with Crippen molar-refractivity contribution in [2.45, 2.75) is 0 Å². The third-order valence-electron chi connectivity index (χ3n) is 2.44. The first-order valence-corrected chi connectivity index (χ1v) is 6.67. The van der Waals surface area contributed by atoms with Crippen molar-refractivity contribution in [2.24, 2.45) is 0 Å². The summed E-state index contributed by atoms with van der Waals surface area (Å²) in [6.07, 6.45) is 0. The number of rotatable bonds is 3. The van der Waals surface area contributed by atoms with Crippen molar-refractivity contribution in [1.82, 2.24) is 0 Å². The van der Waals surface area contributed by atoms with Crippen LogP contribution >= 0.6 is 11.3 Å². The quantitative estimate of drug-likeness (QED) is 0.516. The molecular weight excluding hydrogens is 292 g/mol. The molecule has 0 aliphatic heterocycles. The van der Waals surface area contributed by atoms with Crippen molar-refractivity contribution in [1.29, 1.82) is 0 Å². The van der Waals surface area contributed by atoms with E-state index >= 15 is 0 Å². The van der Waals surface area contributed by atoms with E-state index in [4.69, 9.17) is 5.11 Å². The summed E-state index contributed by atoms with van der Waals surface area (Å²) in [4.78, 5) is 23.3. The summed E-state index contributed by atoms with van der Waals surface area (Å²) in [7, 11) is 0. The van der Waals surface area contributed by atoms with E-state index in [1.807, 2.05) is 0 Å². The van der Waals surface area contributed by atoms with Crippen LogP contribution in [-0.4, -0.2) is 22.5 Å². The molecule has 1 aromatic carbocycles. The van der Waals surface area contributed by atoms with Gasteiger partial charge >= 0.3 is 0 Å². The molecule has 2 rings (SSSR count). The molecule has 0 atom stereocenters. The second-order valence-electron chi connectivity index (χ2n) is 3.89. The third-order valence-corrected chi connectivity index (χ3v) is 3.43. The van der Waals surface area contributed by atoms with Crippen LogP contribution in [0.15, 0.2) is 36.4 Å². The van der Waals surface area contributed by atoms with Gasteiger partial charge in [0.2, 0.25) is 0 Å². The van der Waals surface area contributed by atoms with Crippen molar-refractivity contribution < 1.29 is 14.8 Å². The zero-order valence-corrected chi connectivity index (χ0v) is 11.5. The van der Waals surface area contributed by atoms with Gasteiger partial charge in [-0.2, -0.15) is 0 Å². The van der Waals surface area contributed by atoms with Gasteiger partial charge in [0, 0.05) is 17.8 Å². The molecule has 2 N–H and O–H groups in total. The molecule has 0 aliphatic rings. The second-order valence-corrected chi connectivity index (χ2v) is 4.97. The van der Waals surface area contributed by atoms with Crippen LogP contribution in [0.5, 0.6) is 0 Å². The Labute approximate surface area is 124 Å². The number of hydrogen-bond donors (Lipinski definition) is 2. The number of nitrogens with zero attached hydrogens (tertiary/aromatic N) is 1. The lowest BCUT2D eigenvalue weighted by Crippen LogP contribution is -2.10. The number of nitro benzene ring substituents is 1. The Morgan fingerprint density at radius 2 is 2.19 bits per heavy atom. The van der Waals surface area contributed by atoms with Crippen molar-refractivity contribution in [3.8, 4) is 11.8 Å². The van der Waals surface area contributed by atoms with Gasteiger partial charge in [-0.25, -0.2) is 0 Å². The number of benzene rings is 1. The minimum absolute atomic E-state index is 0.0894. The summed E-state index contributed by atoms with van der Waals surface area (Å²) in [5.41, 5.74) is 0.263. The first kappa shape index (κ1) is 14.7. The van der Waals surface area contributed by atoms with Gasteiger partial charge in [0.1, 0.15) is 6.61 Å². The van der Waals surface area contributed by atoms with Crippen molar-refractivity contribution in [2.75, 3.05) is 11.9 Å². The number of amides is 1. The Hall–Kier alpha value is -2.69. The molecule has 0 saturated heterocycles. The van der Waals surface area contributed by atoms with Crippen LogP contribution in [0.4, 0.5) is 11.4 Å². The summed E-state index contributed by atoms with van der Waals surface area (Å²) in [5, 5.41) is 21.9. The molecule has 2 aromatic rings. The standard InChI is InChI=1S/C14H10N2O4S/c17-8-2-5-12-6-7-13(21-12)14(18)15-10-3-1-4-11(9-10)16(19)20/h1,3-4,6-7,9,17H,8H2,(H,15,18). The van der Waals surface area contributed by atoms with E-state index in [-0.39, 0.29) is 18.2 Å². The maximum absolute atomic E-state index is 12.0. The van der Waals surface area contributed by atoms with Crippen molar-refractivity contribution >= 4 is 28.6 Å². The lowest BCUT2D eigenvalue weighted by Gasteiger charge is -2.02. The molecular formula is C14H10N2O4S. The van der Waals surface area contributed by atoms with Gasteiger partial charge in [-0.05, 0) is 18.2 Å². The molecule has 0 bridgehead atoms. The number of aliphatic hydroxyl groups excluding tert-OH is 1. The van der Waals surface area contributed by atoms with Crippen LogP contribution in [0.25, 0.3) is 0 Å². The SMILES string of the molecule is O=C(Nc1cccc([N+](=O)[O-])c1)c1ccc(C#CCO)s1. The van der Waals surface area contributed by atoms with Crippen LogP contribution in [0.2, 0.25) is 0 Å². The summed E-state index contributed by atoms with van der Waals surface area (Å²) in [5.74, 6) is 4.84. The van der Waals surface area contributed by atoms with E-state index in [0.29, 0.717) is 15.4 Å². The average molecular weight is 302 g/mol. The number of nitrogens with one attached hydrogen (secondary N) is 1. The molecule has 0 spiro atoms.